The van der Waals surface area contributed by atoms with Crippen LogP contribution in [0, 0.1) is 22.7 Å². The Hall–Kier alpha value is -1.56. The van der Waals surface area contributed by atoms with E-state index in [4.69, 9.17) is 10.5 Å². The quantitative estimate of drug-likeness (QED) is 0.784. The molecule has 0 amide bonds. The molecule has 0 saturated carbocycles. The molecule has 1 fully saturated rings. The summed E-state index contributed by atoms with van der Waals surface area (Å²) < 4.78 is 0.982. The molecule has 1 aliphatic heterocycles. The van der Waals surface area contributed by atoms with Crippen LogP contribution in [0.2, 0.25) is 0 Å². The van der Waals surface area contributed by atoms with Gasteiger partial charge < -0.3 is 4.90 Å². The van der Waals surface area contributed by atoms with Crippen LogP contribution in [0.5, 0.6) is 0 Å². The van der Waals surface area contributed by atoms with Crippen LogP contribution in [0.15, 0.2) is 22.7 Å². The molecule has 1 saturated heterocycles. The van der Waals surface area contributed by atoms with E-state index < -0.39 is 0 Å². The fourth-order valence-corrected chi connectivity index (χ4v) is 2.46. The van der Waals surface area contributed by atoms with Crippen LogP contribution >= 0.6 is 15.9 Å². The molecule has 0 aliphatic carbocycles. The summed E-state index contributed by atoms with van der Waals surface area (Å²) in [6.45, 7) is 3.92. The van der Waals surface area contributed by atoms with E-state index >= 15 is 0 Å². The summed E-state index contributed by atoms with van der Waals surface area (Å²) in [6.07, 6.45) is 0. The fourth-order valence-electron chi connectivity index (χ4n) is 2.11. The first-order valence-electron chi connectivity index (χ1n) is 5.78. The van der Waals surface area contributed by atoms with Gasteiger partial charge in [-0.1, -0.05) is 15.9 Å². The van der Waals surface area contributed by atoms with Gasteiger partial charge in [0, 0.05) is 30.7 Å². The summed E-state index contributed by atoms with van der Waals surface area (Å²) in [5.41, 5.74) is 1.68. The van der Waals surface area contributed by atoms with Crippen LogP contribution < -0.4 is 4.90 Å². The van der Waals surface area contributed by atoms with Crippen LogP contribution in [0.1, 0.15) is 5.56 Å². The molecule has 18 heavy (non-hydrogen) atoms. The third kappa shape index (κ3) is 2.81. The lowest BCUT2D eigenvalue weighted by atomic mass is 10.1. The molecule has 2 rings (SSSR count). The van der Waals surface area contributed by atoms with Gasteiger partial charge in [0.15, 0.2) is 0 Å². The maximum Gasteiger partial charge on any atom is 0.101 e. The van der Waals surface area contributed by atoms with E-state index in [2.05, 4.69) is 37.9 Å². The van der Waals surface area contributed by atoms with E-state index in [1.807, 2.05) is 18.2 Å². The molecule has 0 aromatic heterocycles. The molecule has 0 bridgehead atoms. The number of nitriles is 2. The largest absolute Gasteiger partial charge is 0.368 e. The first kappa shape index (κ1) is 12.9. The van der Waals surface area contributed by atoms with Gasteiger partial charge in [-0.2, -0.15) is 10.5 Å². The van der Waals surface area contributed by atoms with Crippen molar-refractivity contribution in [2.75, 3.05) is 37.6 Å². The monoisotopic (exact) mass is 304 g/mol. The Bertz CT molecular complexity index is 507. The molecular weight excluding hydrogens is 292 g/mol. The molecule has 0 spiro atoms. The third-order valence-electron chi connectivity index (χ3n) is 3.09. The number of nitrogens with zero attached hydrogens (tertiary/aromatic N) is 4. The Balaban J connectivity index is 2.12. The van der Waals surface area contributed by atoms with Crippen molar-refractivity contribution in [3.8, 4) is 12.1 Å². The third-order valence-corrected chi connectivity index (χ3v) is 3.58. The predicted molar refractivity (Wildman–Crippen MR) is 73.1 cm³/mol. The standard InChI is InChI=1S/C13H13BrN4/c14-12-2-1-11(10-16)13(9-12)18-7-5-17(4-3-15)6-8-18/h1-2,9H,4-8H2. The fraction of sp³-hybridized carbons (Fsp3) is 0.385. The van der Waals surface area contributed by atoms with E-state index in [1.54, 1.807) is 0 Å². The topological polar surface area (TPSA) is 54.1 Å². The number of rotatable bonds is 2. The van der Waals surface area contributed by atoms with Gasteiger partial charge >= 0.3 is 0 Å². The minimum atomic E-state index is 0.484. The Kier molecular flexibility index (Phi) is 4.19. The second-order valence-electron chi connectivity index (χ2n) is 4.19. The molecule has 4 nitrogen and oxygen atoms in total. The number of piperazine rings is 1. The summed E-state index contributed by atoms with van der Waals surface area (Å²) in [7, 11) is 0. The lowest BCUT2D eigenvalue weighted by Gasteiger charge is -2.35. The van der Waals surface area contributed by atoms with Crippen molar-refractivity contribution in [3.05, 3.63) is 28.2 Å². The summed E-state index contributed by atoms with van der Waals surface area (Å²) >= 11 is 3.44. The van der Waals surface area contributed by atoms with Gasteiger partial charge in [-0.3, -0.25) is 4.90 Å². The first-order valence-corrected chi connectivity index (χ1v) is 6.58. The van der Waals surface area contributed by atoms with Crippen LogP contribution in [0.25, 0.3) is 0 Å². The SMILES string of the molecule is N#CCN1CCN(c2cc(Br)ccc2C#N)CC1. The second kappa shape index (κ2) is 5.86. The Labute approximate surface area is 115 Å². The summed E-state index contributed by atoms with van der Waals surface area (Å²) in [5.74, 6) is 0. The lowest BCUT2D eigenvalue weighted by molar-refractivity contribution is 0.287. The number of anilines is 1. The number of hydrogen-bond donors (Lipinski definition) is 0. The predicted octanol–water partition coefficient (Wildman–Crippen LogP) is 1.97. The zero-order valence-corrected chi connectivity index (χ0v) is 11.5. The van der Waals surface area contributed by atoms with E-state index in [1.165, 1.54) is 0 Å². The van der Waals surface area contributed by atoms with E-state index in [9.17, 15) is 0 Å². The zero-order valence-electron chi connectivity index (χ0n) is 9.93. The maximum atomic E-state index is 9.13. The maximum absolute atomic E-state index is 9.13. The van der Waals surface area contributed by atoms with Crippen LogP contribution in [0.4, 0.5) is 5.69 Å². The molecular formula is C13H13BrN4. The molecule has 92 valence electrons. The van der Waals surface area contributed by atoms with Gasteiger partial charge in [-0.15, -0.1) is 0 Å². The number of hydrogen-bond acceptors (Lipinski definition) is 4. The molecule has 0 unspecified atom stereocenters. The average Bonchev–Trinajstić information content (AvgIpc) is 2.40. The Morgan fingerprint density at radius 3 is 2.50 bits per heavy atom. The minimum Gasteiger partial charge on any atom is -0.368 e. The van der Waals surface area contributed by atoms with Crippen LogP contribution in [-0.4, -0.2) is 37.6 Å². The van der Waals surface area contributed by atoms with Crippen LogP contribution in [0.3, 0.4) is 0 Å². The summed E-state index contributed by atoms with van der Waals surface area (Å²) in [5, 5.41) is 17.8. The molecule has 1 aromatic carbocycles. The van der Waals surface area contributed by atoms with Gasteiger partial charge in [-0.05, 0) is 18.2 Å². The van der Waals surface area contributed by atoms with E-state index in [-0.39, 0.29) is 0 Å². The summed E-state index contributed by atoms with van der Waals surface area (Å²) in [4.78, 5) is 4.33. The lowest BCUT2D eigenvalue weighted by Crippen LogP contribution is -2.46. The normalized spacial score (nSPS) is 16.1. The average molecular weight is 305 g/mol. The van der Waals surface area contributed by atoms with Crippen LogP contribution in [-0.2, 0) is 0 Å². The van der Waals surface area contributed by atoms with Gasteiger partial charge in [0.2, 0.25) is 0 Å². The molecule has 0 N–H and O–H groups in total. The van der Waals surface area contributed by atoms with Crippen molar-refractivity contribution in [2.24, 2.45) is 0 Å². The van der Waals surface area contributed by atoms with Gasteiger partial charge in [0.1, 0.15) is 6.07 Å². The van der Waals surface area contributed by atoms with Crippen molar-refractivity contribution < 1.29 is 0 Å². The number of benzene rings is 1. The van der Waals surface area contributed by atoms with Crippen molar-refractivity contribution in [3.63, 3.8) is 0 Å². The van der Waals surface area contributed by atoms with Crippen molar-refractivity contribution in [2.45, 2.75) is 0 Å². The smallest absolute Gasteiger partial charge is 0.101 e. The van der Waals surface area contributed by atoms with Crippen molar-refractivity contribution >= 4 is 21.6 Å². The molecule has 0 atom stereocenters. The minimum absolute atomic E-state index is 0.484. The first-order chi connectivity index (χ1) is 8.74. The highest BCUT2D eigenvalue weighted by Gasteiger charge is 2.19. The highest BCUT2D eigenvalue weighted by atomic mass is 79.9. The van der Waals surface area contributed by atoms with Gasteiger partial charge in [-0.25, -0.2) is 0 Å². The molecule has 1 heterocycles. The van der Waals surface area contributed by atoms with E-state index in [0.717, 1.165) is 36.3 Å². The molecule has 1 aromatic rings. The Morgan fingerprint density at radius 1 is 1.17 bits per heavy atom. The van der Waals surface area contributed by atoms with Gasteiger partial charge in [0.05, 0.1) is 23.9 Å². The zero-order chi connectivity index (χ0) is 13.0. The summed E-state index contributed by atoms with van der Waals surface area (Å²) in [6, 6.07) is 10.1. The van der Waals surface area contributed by atoms with E-state index in [0.29, 0.717) is 12.1 Å². The highest BCUT2D eigenvalue weighted by Crippen LogP contribution is 2.25. The van der Waals surface area contributed by atoms with Gasteiger partial charge in [0.25, 0.3) is 0 Å². The number of halogens is 1. The van der Waals surface area contributed by atoms with Crippen molar-refractivity contribution in [1.82, 2.24) is 4.90 Å². The second-order valence-corrected chi connectivity index (χ2v) is 5.11. The molecule has 0 radical (unpaired) electrons. The van der Waals surface area contributed by atoms with Crippen molar-refractivity contribution in [1.29, 1.82) is 10.5 Å². The highest BCUT2D eigenvalue weighted by molar-refractivity contribution is 9.10. The molecule has 5 heteroatoms. The molecule has 1 aliphatic rings. The Morgan fingerprint density at radius 2 is 1.89 bits per heavy atom.